The molecule has 2 N–H and O–H groups in total. The minimum atomic E-state index is -4.60. The van der Waals surface area contributed by atoms with Gasteiger partial charge in [0.15, 0.2) is 5.65 Å². The largest absolute Gasteiger partial charge is 0.416 e. The fourth-order valence-electron chi connectivity index (χ4n) is 3.60. The van der Waals surface area contributed by atoms with Crippen molar-refractivity contribution >= 4 is 16.9 Å². The van der Waals surface area contributed by atoms with Crippen molar-refractivity contribution in [1.29, 1.82) is 0 Å². The van der Waals surface area contributed by atoms with Crippen molar-refractivity contribution in [3.63, 3.8) is 0 Å². The second-order valence-corrected chi connectivity index (χ2v) is 7.42. The van der Waals surface area contributed by atoms with Crippen LogP contribution in [0.2, 0.25) is 0 Å². The quantitative estimate of drug-likeness (QED) is 0.583. The second-order valence-electron chi connectivity index (χ2n) is 7.42. The summed E-state index contributed by atoms with van der Waals surface area (Å²) in [4.78, 5) is 9.36. The molecule has 2 aromatic heterocycles. The Kier molecular flexibility index (Phi) is 5.50. The van der Waals surface area contributed by atoms with E-state index in [9.17, 15) is 26.3 Å². The van der Waals surface area contributed by atoms with E-state index in [-0.39, 0.29) is 19.5 Å². The maximum absolute atomic E-state index is 14.7. The molecule has 0 spiro atoms. The molecule has 6 nitrogen and oxygen atoms in total. The summed E-state index contributed by atoms with van der Waals surface area (Å²) in [5.41, 5.74) is -1.06. The molecule has 3 aromatic rings. The fraction of sp³-hybridized carbons (Fsp3) is 0.421. The number of nitrogens with zero attached hydrogens (tertiary/aromatic N) is 4. The van der Waals surface area contributed by atoms with Crippen LogP contribution in [0, 0.1) is 0 Å². The van der Waals surface area contributed by atoms with Crippen molar-refractivity contribution in [2.45, 2.75) is 30.7 Å². The van der Waals surface area contributed by atoms with Crippen molar-refractivity contribution in [2.24, 2.45) is 0 Å². The molecule has 2 atom stereocenters. The number of rotatable bonds is 5. The topological polar surface area (TPSA) is 69.7 Å². The van der Waals surface area contributed by atoms with Gasteiger partial charge in [-0.05, 0) is 18.6 Å². The van der Waals surface area contributed by atoms with Gasteiger partial charge in [-0.2, -0.15) is 27.1 Å². The third-order valence-electron chi connectivity index (χ3n) is 5.25. The normalized spacial score (nSPS) is 20.8. The summed E-state index contributed by atoms with van der Waals surface area (Å²) >= 11 is 0. The number of aromatic nitrogens is 4. The van der Waals surface area contributed by atoms with Crippen LogP contribution in [0.25, 0.3) is 11.0 Å². The highest BCUT2D eigenvalue weighted by molar-refractivity contribution is 5.85. The molecule has 12 heteroatoms. The van der Waals surface area contributed by atoms with Gasteiger partial charge < -0.3 is 5.32 Å². The summed E-state index contributed by atoms with van der Waals surface area (Å²) in [5.74, 6) is -3.02. The van der Waals surface area contributed by atoms with Gasteiger partial charge in [0, 0.05) is 18.7 Å². The molecule has 1 aliphatic rings. The first-order chi connectivity index (χ1) is 14.6. The summed E-state index contributed by atoms with van der Waals surface area (Å²) in [6.45, 7) is -0.841. The van der Waals surface area contributed by atoms with Crippen LogP contribution in [0.5, 0.6) is 0 Å². The zero-order chi connectivity index (χ0) is 22.2. The Hall–Kier alpha value is -2.89. The van der Waals surface area contributed by atoms with E-state index in [0.29, 0.717) is 29.0 Å². The zero-order valence-corrected chi connectivity index (χ0v) is 16.0. The molecule has 1 aliphatic heterocycles. The van der Waals surface area contributed by atoms with Crippen LogP contribution in [-0.2, 0) is 12.1 Å². The molecule has 0 bridgehead atoms. The maximum Gasteiger partial charge on any atom is 0.416 e. The Balaban J connectivity index is 1.38. The molecular weight excluding hydrogens is 426 g/mol. The molecule has 1 fully saturated rings. The molecule has 0 unspecified atom stereocenters. The van der Waals surface area contributed by atoms with E-state index >= 15 is 0 Å². The first-order valence-electron chi connectivity index (χ1n) is 9.46. The van der Waals surface area contributed by atoms with Gasteiger partial charge in [-0.15, -0.1) is 0 Å². The van der Waals surface area contributed by atoms with Gasteiger partial charge in [-0.3, -0.25) is 10.00 Å². The molecule has 4 rings (SSSR count). The van der Waals surface area contributed by atoms with Crippen LogP contribution in [-0.4, -0.2) is 56.9 Å². The predicted octanol–water partition coefficient (Wildman–Crippen LogP) is 3.99. The lowest BCUT2D eigenvalue weighted by molar-refractivity contribution is -0.137. The number of hydrogen-bond acceptors (Lipinski definition) is 5. The van der Waals surface area contributed by atoms with E-state index in [1.807, 2.05) is 0 Å². The summed E-state index contributed by atoms with van der Waals surface area (Å²) in [5, 5.41) is 10.1. The van der Waals surface area contributed by atoms with Crippen molar-refractivity contribution in [3.05, 3.63) is 47.9 Å². The Bertz CT molecular complexity index is 1030. The van der Waals surface area contributed by atoms with Crippen molar-refractivity contribution in [3.8, 4) is 0 Å². The van der Waals surface area contributed by atoms with Crippen LogP contribution >= 0.6 is 0 Å². The van der Waals surface area contributed by atoms with E-state index in [2.05, 4.69) is 25.5 Å². The van der Waals surface area contributed by atoms with E-state index in [0.717, 1.165) is 12.1 Å². The van der Waals surface area contributed by atoms with E-state index < -0.39 is 42.0 Å². The summed E-state index contributed by atoms with van der Waals surface area (Å²) in [6, 6.07) is 2.12. The van der Waals surface area contributed by atoms with Crippen molar-refractivity contribution < 1.29 is 26.3 Å². The molecule has 0 aliphatic carbocycles. The van der Waals surface area contributed by atoms with Gasteiger partial charge in [0.05, 0.1) is 29.7 Å². The molecule has 1 aromatic carbocycles. The lowest BCUT2D eigenvalue weighted by Gasteiger charge is -2.37. The van der Waals surface area contributed by atoms with E-state index in [4.69, 9.17) is 0 Å². The number of fused-ring (bicyclic) bond motifs is 1. The van der Waals surface area contributed by atoms with Gasteiger partial charge in [0.2, 0.25) is 0 Å². The number of aromatic amines is 1. The SMILES string of the molecule is F[C@@H]1CN(CC(F)(F)c2ccc(C(F)(F)F)cc2)CC[C@H]1Nc1ncnc2[nH]ncc12. The number of piperidine rings is 1. The molecule has 166 valence electrons. The van der Waals surface area contributed by atoms with Gasteiger partial charge in [-0.25, -0.2) is 14.4 Å². The number of nitrogens with one attached hydrogen (secondary N) is 2. The van der Waals surface area contributed by atoms with Crippen LogP contribution in [0.3, 0.4) is 0 Å². The smallest absolute Gasteiger partial charge is 0.364 e. The second kappa shape index (κ2) is 7.98. The molecule has 0 radical (unpaired) electrons. The number of likely N-dealkylation sites (tertiary alicyclic amines) is 1. The Labute approximate surface area is 172 Å². The molecular formula is C19H18F6N6. The standard InChI is InChI=1S/C19H18F6N6/c20-14-8-31(9-18(21,22)11-1-3-12(4-2-11)19(23,24)25)6-5-15(14)29-16-13-7-28-30-17(13)27-10-26-16/h1-4,7,10,14-15H,5-6,8-9H2,(H2,26,27,28,29,30)/t14-,15-/m1/s1. The van der Waals surface area contributed by atoms with Crippen LogP contribution in [0.15, 0.2) is 36.8 Å². The average molecular weight is 444 g/mol. The minimum Gasteiger partial charge on any atom is -0.364 e. The minimum absolute atomic E-state index is 0.188. The Morgan fingerprint density at radius 3 is 2.45 bits per heavy atom. The number of anilines is 1. The van der Waals surface area contributed by atoms with Gasteiger partial charge in [0.1, 0.15) is 18.3 Å². The maximum atomic E-state index is 14.7. The number of alkyl halides is 6. The lowest BCUT2D eigenvalue weighted by Crippen LogP contribution is -2.50. The molecule has 0 saturated carbocycles. The first kappa shape index (κ1) is 21.3. The molecule has 31 heavy (non-hydrogen) atoms. The van der Waals surface area contributed by atoms with Crippen molar-refractivity contribution in [1.82, 2.24) is 25.1 Å². The molecule has 3 heterocycles. The number of hydrogen-bond donors (Lipinski definition) is 2. The van der Waals surface area contributed by atoms with Gasteiger partial charge in [0.25, 0.3) is 5.92 Å². The van der Waals surface area contributed by atoms with Gasteiger partial charge in [-0.1, -0.05) is 12.1 Å². The highest BCUT2D eigenvalue weighted by atomic mass is 19.4. The first-order valence-corrected chi connectivity index (χ1v) is 9.46. The van der Waals surface area contributed by atoms with Crippen LogP contribution < -0.4 is 5.32 Å². The molecule has 0 amide bonds. The number of halogens is 6. The lowest BCUT2D eigenvalue weighted by atomic mass is 10.0. The third-order valence-corrected chi connectivity index (χ3v) is 5.25. The Morgan fingerprint density at radius 2 is 1.77 bits per heavy atom. The predicted molar refractivity (Wildman–Crippen MR) is 100 cm³/mol. The zero-order valence-electron chi connectivity index (χ0n) is 16.0. The van der Waals surface area contributed by atoms with Crippen molar-refractivity contribution in [2.75, 3.05) is 25.0 Å². The summed E-state index contributed by atoms with van der Waals surface area (Å²) < 4.78 is 81.8. The van der Waals surface area contributed by atoms with E-state index in [1.54, 1.807) is 0 Å². The fourth-order valence-corrected chi connectivity index (χ4v) is 3.60. The monoisotopic (exact) mass is 444 g/mol. The average Bonchev–Trinajstić information content (AvgIpc) is 3.19. The summed E-state index contributed by atoms with van der Waals surface area (Å²) in [7, 11) is 0. The highest BCUT2D eigenvalue weighted by Crippen LogP contribution is 2.34. The van der Waals surface area contributed by atoms with Gasteiger partial charge >= 0.3 is 6.18 Å². The summed E-state index contributed by atoms with van der Waals surface area (Å²) in [6.07, 6.45) is -3.00. The number of H-pyrrole nitrogens is 1. The highest BCUT2D eigenvalue weighted by Gasteiger charge is 2.39. The number of benzene rings is 1. The third kappa shape index (κ3) is 4.58. The molecule has 1 saturated heterocycles. The van der Waals surface area contributed by atoms with Crippen LogP contribution in [0.4, 0.5) is 32.2 Å². The van der Waals surface area contributed by atoms with Crippen LogP contribution in [0.1, 0.15) is 17.5 Å². The van der Waals surface area contributed by atoms with E-state index in [1.165, 1.54) is 17.4 Å². The Morgan fingerprint density at radius 1 is 1.06 bits per heavy atom.